The Bertz CT molecular complexity index is 437. The van der Waals surface area contributed by atoms with Crippen LogP contribution in [0.15, 0.2) is 0 Å². The molecule has 1 aromatic rings. The van der Waals surface area contributed by atoms with E-state index in [0.717, 1.165) is 25.0 Å². The number of rotatable bonds is 5. The molecule has 1 aliphatic carbocycles. The lowest BCUT2D eigenvalue weighted by atomic mass is 10.3. The van der Waals surface area contributed by atoms with Crippen LogP contribution in [0.4, 0.5) is 9.93 Å². The average Bonchev–Trinajstić information content (AvgIpc) is 2.84. The van der Waals surface area contributed by atoms with Crippen LogP contribution >= 0.6 is 11.3 Å². The van der Waals surface area contributed by atoms with Gasteiger partial charge in [0.15, 0.2) is 5.13 Å². The summed E-state index contributed by atoms with van der Waals surface area (Å²) in [6.07, 6.45) is 3.68. The van der Waals surface area contributed by atoms with E-state index in [0.29, 0.717) is 18.1 Å². The lowest BCUT2D eigenvalue weighted by Crippen LogP contribution is -2.29. The summed E-state index contributed by atoms with van der Waals surface area (Å²) in [6, 6.07) is -0.326. The zero-order valence-corrected chi connectivity index (χ0v) is 10.7. The van der Waals surface area contributed by atoms with Crippen molar-refractivity contribution in [1.82, 2.24) is 10.3 Å². The SMILES string of the molecule is O=C(O)CCCNC(=O)Nc1nc2c(s1)CCC2. The van der Waals surface area contributed by atoms with E-state index in [1.807, 2.05) is 0 Å². The molecule has 0 aromatic carbocycles. The minimum atomic E-state index is -0.853. The first-order valence-electron chi connectivity index (χ1n) is 5.90. The van der Waals surface area contributed by atoms with Gasteiger partial charge in [-0.15, -0.1) is 11.3 Å². The Morgan fingerprint density at radius 3 is 2.94 bits per heavy atom. The number of carboxylic acids is 1. The highest BCUT2D eigenvalue weighted by Gasteiger charge is 2.17. The van der Waals surface area contributed by atoms with Gasteiger partial charge in [0, 0.05) is 17.8 Å². The van der Waals surface area contributed by atoms with Crippen molar-refractivity contribution in [2.75, 3.05) is 11.9 Å². The second-order valence-corrected chi connectivity index (χ2v) is 5.20. The first-order valence-corrected chi connectivity index (χ1v) is 6.72. The Morgan fingerprint density at radius 2 is 2.22 bits per heavy atom. The van der Waals surface area contributed by atoms with Crippen molar-refractivity contribution < 1.29 is 14.7 Å². The summed E-state index contributed by atoms with van der Waals surface area (Å²) in [5.74, 6) is -0.853. The van der Waals surface area contributed by atoms with Crippen LogP contribution in [0.25, 0.3) is 0 Å². The number of aliphatic carboxylic acids is 1. The van der Waals surface area contributed by atoms with Crippen LogP contribution in [-0.4, -0.2) is 28.6 Å². The van der Waals surface area contributed by atoms with E-state index >= 15 is 0 Å². The van der Waals surface area contributed by atoms with Gasteiger partial charge >= 0.3 is 12.0 Å². The summed E-state index contributed by atoms with van der Waals surface area (Å²) in [7, 11) is 0. The van der Waals surface area contributed by atoms with Gasteiger partial charge in [0.05, 0.1) is 5.69 Å². The minimum Gasteiger partial charge on any atom is -0.481 e. The molecule has 0 unspecified atom stereocenters. The van der Waals surface area contributed by atoms with Gasteiger partial charge in [0.1, 0.15) is 0 Å². The number of thiazole rings is 1. The molecule has 98 valence electrons. The number of carbonyl (C=O) groups is 2. The Balaban J connectivity index is 1.72. The summed E-state index contributed by atoms with van der Waals surface area (Å²) in [4.78, 5) is 27.4. The third-order valence-corrected chi connectivity index (χ3v) is 3.74. The summed E-state index contributed by atoms with van der Waals surface area (Å²) >= 11 is 1.52. The molecule has 0 spiro atoms. The van der Waals surface area contributed by atoms with Crippen molar-refractivity contribution in [3.63, 3.8) is 0 Å². The van der Waals surface area contributed by atoms with Gasteiger partial charge in [0.25, 0.3) is 0 Å². The number of amides is 2. The molecule has 18 heavy (non-hydrogen) atoms. The fourth-order valence-electron chi connectivity index (χ4n) is 1.83. The normalized spacial score (nSPS) is 13.1. The number of urea groups is 1. The lowest BCUT2D eigenvalue weighted by molar-refractivity contribution is -0.137. The first-order chi connectivity index (χ1) is 8.65. The number of nitrogens with one attached hydrogen (secondary N) is 2. The average molecular weight is 269 g/mol. The predicted molar refractivity (Wildman–Crippen MR) is 68.0 cm³/mol. The minimum absolute atomic E-state index is 0.0613. The van der Waals surface area contributed by atoms with Gasteiger partial charge in [-0.2, -0.15) is 0 Å². The van der Waals surface area contributed by atoms with E-state index in [-0.39, 0.29) is 12.5 Å². The molecule has 2 rings (SSSR count). The largest absolute Gasteiger partial charge is 0.481 e. The number of anilines is 1. The Kier molecular flexibility index (Phi) is 4.14. The summed E-state index contributed by atoms with van der Waals surface area (Å²) < 4.78 is 0. The van der Waals surface area contributed by atoms with Gasteiger partial charge in [0.2, 0.25) is 0 Å². The van der Waals surface area contributed by atoms with Crippen molar-refractivity contribution >= 4 is 28.5 Å². The summed E-state index contributed by atoms with van der Waals surface area (Å²) in [6.45, 7) is 0.350. The van der Waals surface area contributed by atoms with Crippen molar-refractivity contribution in [1.29, 1.82) is 0 Å². The molecule has 6 nitrogen and oxygen atoms in total. The van der Waals surface area contributed by atoms with Crippen LogP contribution in [0, 0.1) is 0 Å². The molecule has 1 aliphatic rings. The van der Waals surface area contributed by atoms with Crippen molar-refractivity contribution in [3.05, 3.63) is 10.6 Å². The third-order valence-electron chi connectivity index (χ3n) is 2.67. The van der Waals surface area contributed by atoms with Gasteiger partial charge in [-0.1, -0.05) is 0 Å². The van der Waals surface area contributed by atoms with Gasteiger partial charge in [-0.05, 0) is 25.7 Å². The standard InChI is InChI=1S/C11H15N3O3S/c15-9(16)5-2-6-12-10(17)14-11-13-7-3-1-4-8(7)18-11/h1-6H2,(H,15,16)(H2,12,13,14,17). The number of nitrogens with zero attached hydrogens (tertiary/aromatic N) is 1. The third kappa shape index (κ3) is 3.43. The van der Waals surface area contributed by atoms with E-state index < -0.39 is 5.97 Å². The Hall–Kier alpha value is -1.63. The highest BCUT2D eigenvalue weighted by Crippen LogP contribution is 2.30. The van der Waals surface area contributed by atoms with Crippen LogP contribution in [0.2, 0.25) is 0 Å². The molecule has 1 aromatic heterocycles. The number of fused-ring (bicyclic) bond motifs is 1. The van der Waals surface area contributed by atoms with Crippen LogP contribution < -0.4 is 10.6 Å². The fourth-order valence-corrected chi connectivity index (χ4v) is 2.87. The number of aromatic nitrogens is 1. The Morgan fingerprint density at radius 1 is 1.39 bits per heavy atom. The molecule has 0 bridgehead atoms. The van der Waals surface area contributed by atoms with E-state index in [4.69, 9.17) is 5.11 Å². The van der Waals surface area contributed by atoms with E-state index in [1.165, 1.54) is 16.2 Å². The predicted octanol–water partition coefficient (Wildman–Crippen LogP) is 1.62. The maximum atomic E-state index is 11.5. The van der Waals surface area contributed by atoms with Crippen LogP contribution in [0.3, 0.4) is 0 Å². The number of carboxylic acid groups (broad SMARTS) is 1. The molecule has 0 saturated heterocycles. The molecule has 2 amide bonds. The lowest BCUT2D eigenvalue weighted by Gasteiger charge is -2.04. The molecule has 0 radical (unpaired) electrons. The molecule has 0 atom stereocenters. The van der Waals surface area contributed by atoms with Crippen molar-refractivity contribution in [2.24, 2.45) is 0 Å². The highest BCUT2D eigenvalue weighted by atomic mass is 32.1. The van der Waals surface area contributed by atoms with Crippen molar-refractivity contribution in [3.8, 4) is 0 Å². The first kappa shape index (κ1) is 12.8. The quantitative estimate of drug-likeness (QED) is 0.708. The highest BCUT2D eigenvalue weighted by molar-refractivity contribution is 7.15. The van der Waals surface area contributed by atoms with Gasteiger partial charge in [-0.3, -0.25) is 10.1 Å². The molecule has 0 fully saturated rings. The zero-order valence-electron chi connectivity index (χ0n) is 9.86. The molecule has 1 heterocycles. The molecular weight excluding hydrogens is 254 g/mol. The monoisotopic (exact) mass is 269 g/mol. The number of hydrogen-bond acceptors (Lipinski definition) is 4. The van der Waals surface area contributed by atoms with E-state index in [9.17, 15) is 9.59 Å². The maximum absolute atomic E-state index is 11.5. The van der Waals surface area contributed by atoms with Crippen LogP contribution in [0.1, 0.15) is 29.8 Å². The van der Waals surface area contributed by atoms with E-state index in [1.54, 1.807) is 0 Å². The molecule has 3 N–H and O–H groups in total. The molecule has 7 heteroatoms. The van der Waals surface area contributed by atoms with Crippen LogP contribution in [-0.2, 0) is 17.6 Å². The summed E-state index contributed by atoms with van der Waals surface area (Å²) in [5.41, 5.74) is 1.10. The topological polar surface area (TPSA) is 91.3 Å². The molecular formula is C11H15N3O3S. The fraction of sp³-hybridized carbons (Fsp3) is 0.545. The zero-order chi connectivity index (χ0) is 13.0. The second kappa shape index (κ2) is 5.81. The van der Waals surface area contributed by atoms with Crippen LogP contribution in [0.5, 0.6) is 0 Å². The molecule has 0 aliphatic heterocycles. The Labute approximate surface area is 108 Å². The van der Waals surface area contributed by atoms with Crippen molar-refractivity contribution in [2.45, 2.75) is 32.1 Å². The van der Waals surface area contributed by atoms with Gasteiger partial charge < -0.3 is 10.4 Å². The number of hydrogen-bond donors (Lipinski definition) is 3. The second-order valence-electron chi connectivity index (χ2n) is 4.12. The number of aryl methyl sites for hydroxylation is 2. The van der Waals surface area contributed by atoms with Gasteiger partial charge in [-0.25, -0.2) is 9.78 Å². The molecule has 0 saturated carbocycles. The maximum Gasteiger partial charge on any atom is 0.321 e. The number of carbonyl (C=O) groups excluding carboxylic acids is 1. The summed E-state index contributed by atoms with van der Waals surface area (Å²) in [5, 5.41) is 14.3. The van der Waals surface area contributed by atoms with E-state index in [2.05, 4.69) is 15.6 Å². The smallest absolute Gasteiger partial charge is 0.321 e.